The van der Waals surface area contributed by atoms with E-state index < -0.39 is 22.8 Å². The fourth-order valence-corrected chi connectivity index (χ4v) is 4.65. The molecule has 1 atom stereocenters. The molecule has 0 aliphatic heterocycles. The van der Waals surface area contributed by atoms with Crippen molar-refractivity contribution >= 4 is 17.2 Å². The largest absolute Gasteiger partial charge is 0.760 e. The summed E-state index contributed by atoms with van der Waals surface area (Å²) in [5.41, 5.74) is 4.44. The molecule has 4 aromatic rings. The molecule has 0 aliphatic rings. The Kier molecular flexibility index (Phi) is 9.14. The first kappa shape index (κ1) is 29.1. The van der Waals surface area contributed by atoms with Crippen molar-refractivity contribution in [3.8, 4) is 22.6 Å². The van der Waals surface area contributed by atoms with Gasteiger partial charge < -0.3 is 14.0 Å². The molecule has 1 unspecified atom stereocenters. The lowest BCUT2D eigenvalue weighted by molar-refractivity contribution is 0.00694. The Morgan fingerprint density at radius 1 is 0.850 bits per heavy atom. The molecule has 8 heteroatoms. The van der Waals surface area contributed by atoms with E-state index in [1.165, 1.54) is 16.4 Å². The van der Waals surface area contributed by atoms with Crippen LogP contribution >= 0.6 is 0 Å². The summed E-state index contributed by atoms with van der Waals surface area (Å²) in [6, 6.07) is 26.0. The van der Waals surface area contributed by atoms with Gasteiger partial charge in [-0.05, 0) is 104 Å². The summed E-state index contributed by atoms with van der Waals surface area (Å²) in [5, 5.41) is 0. The zero-order chi connectivity index (χ0) is 28.9. The number of carbonyl (C=O) groups is 1. The third-order valence-corrected chi connectivity index (χ3v) is 6.70. The predicted molar refractivity (Wildman–Crippen MR) is 153 cm³/mol. The van der Waals surface area contributed by atoms with E-state index >= 15 is 0 Å². The zero-order valence-electron chi connectivity index (χ0n) is 22.8. The fourth-order valence-electron chi connectivity index (χ4n) is 4.14. The van der Waals surface area contributed by atoms with Gasteiger partial charge in [0.2, 0.25) is 0 Å². The molecule has 4 aromatic carbocycles. The van der Waals surface area contributed by atoms with Gasteiger partial charge in [0.15, 0.2) is 0 Å². The second-order valence-electron chi connectivity index (χ2n) is 10.4. The summed E-state index contributed by atoms with van der Waals surface area (Å²) in [6.45, 7) is 7.76. The summed E-state index contributed by atoms with van der Waals surface area (Å²) >= 11 is -2.44. The molecule has 0 fully saturated rings. The topological polar surface area (TPSA) is 78.9 Å². The van der Waals surface area contributed by atoms with E-state index in [9.17, 15) is 17.9 Å². The van der Waals surface area contributed by atoms with Gasteiger partial charge in [0.25, 0.3) is 0 Å². The summed E-state index contributed by atoms with van der Waals surface area (Å²) in [6.07, 6.45) is 0. The maximum Gasteiger partial charge on any atom is 0.338 e. The highest BCUT2D eigenvalue weighted by atomic mass is 32.2. The summed E-state index contributed by atoms with van der Waals surface area (Å²) < 4.78 is 49.6. The van der Waals surface area contributed by atoms with Gasteiger partial charge in [-0.15, -0.1) is 0 Å². The van der Waals surface area contributed by atoms with Crippen molar-refractivity contribution in [1.29, 1.82) is 0 Å². The van der Waals surface area contributed by atoms with E-state index in [0.717, 1.165) is 27.8 Å². The molecule has 4 rings (SSSR count). The smallest absolute Gasteiger partial charge is 0.338 e. The first-order valence-corrected chi connectivity index (χ1v) is 13.8. The maximum absolute atomic E-state index is 13.1. The monoisotopic (exact) mass is 560 g/mol. The van der Waals surface area contributed by atoms with Crippen LogP contribution in [0, 0.1) is 12.7 Å². The summed E-state index contributed by atoms with van der Waals surface area (Å²) in [4.78, 5) is 12.3. The van der Waals surface area contributed by atoms with E-state index in [-0.39, 0.29) is 18.9 Å². The molecular formula is C32H31FNO5S-. The van der Waals surface area contributed by atoms with Crippen LogP contribution in [0.2, 0.25) is 0 Å². The molecule has 208 valence electrons. The molecule has 0 spiro atoms. The third kappa shape index (κ3) is 8.08. The zero-order valence-corrected chi connectivity index (χ0v) is 23.7. The van der Waals surface area contributed by atoms with Crippen molar-refractivity contribution in [1.82, 2.24) is 4.31 Å². The molecule has 0 bridgehead atoms. The Labute approximate surface area is 236 Å². The number of carbonyl (C=O) groups excluding carboxylic acids is 1. The molecule has 0 saturated heterocycles. The standard InChI is InChI=1S/C32H32FNO5S/c1-22-19-24(7-18-30(22)25-10-14-28(15-11-25)38-29-16-12-27(33)13-17-29)21-34(40(36)37)20-23-5-8-26(9-6-23)31(35)39-32(2,3)4/h5-19H,20-21H2,1-4H3,(H,36,37)/p-1. The quantitative estimate of drug-likeness (QED) is 0.158. The van der Waals surface area contributed by atoms with Crippen molar-refractivity contribution < 1.29 is 27.4 Å². The number of hydrogen-bond acceptors (Lipinski definition) is 5. The van der Waals surface area contributed by atoms with Crippen molar-refractivity contribution in [3.63, 3.8) is 0 Å². The first-order valence-electron chi connectivity index (χ1n) is 12.8. The molecule has 0 N–H and O–H groups in total. The van der Waals surface area contributed by atoms with Crippen LogP contribution in [0.4, 0.5) is 4.39 Å². The second-order valence-corrected chi connectivity index (χ2v) is 11.4. The van der Waals surface area contributed by atoms with Crippen LogP contribution in [0.25, 0.3) is 11.1 Å². The van der Waals surface area contributed by atoms with Crippen molar-refractivity contribution in [2.75, 3.05) is 0 Å². The number of ether oxygens (including phenoxy) is 2. The Balaban J connectivity index is 1.41. The first-order chi connectivity index (χ1) is 19.0. The number of halogens is 1. The number of esters is 1. The molecule has 0 amide bonds. The highest BCUT2D eigenvalue weighted by Crippen LogP contribution is 2.29. The van der Waals surface area contributed by atoms with E-state index in [1.54, 1.807) is 57.2 Å². The number of aryl methyl sites for hydroxylation is 1. The van der Waals surface area contributed by atoms with E-state index in [4.69, 9.17) is 9.47 Å². The molecule has 0 aromatic heterocycles. The van der Waals surface area contributed by atoms with Crippen molar-refractivity contribution in [3.05, 3.63) is 119 Å². The van der Waals surface area contributed by atoms with Gasteiger partial charge in [-0.25, -0.2) is 13.5 Å². The van der Waals surface area contributed by atoms with Gasteiger partial charge in [-0.1, -0.05) is 42.5 Å². The van der Waals surface area contributed by atoms with Gasteiger partial charge in [0.05, 0.1) is 5.56 Å². The number of benzene rings is 4. The number of nitrogens with zero attached hydrogens (tertiary/aromatic N) is 1. The van der Waals surface area contributed by atoms with Crippen LogP contribution in [-0.4, -0.2) is 24.6 Å². The van der Waals surface area contributed by atoms with Gasteiger partial charge in [-0.3, -0.25) is 4.21 Å². The van der Waals surface area contributed by atoms with Gasteiger partial charge in [-0.2, -0.15) is 0 Å². The Morgan fingerprint density at radius 2 is 1.40 bits per heavy atom. The SMILES string of the molecule is Cc1cc(CN(Cc2ccc(C(=O)OC(C)(C)C)cc2)S(=O)[O-])ccc1-c1ccc(Oc2ccc(F)cc2)cc1. The van der Waals surface area contributed by atoms with Crippen molar-refractivity contribution in [2.45, 2.75) is 46.4 Å². The van der Waals surface area contributed by atoms with Gasteiger partial charge >= 0.3 is 5.97 Å². The fraction of sp³-hybridized carbons (Fsp3) is 0.219. The number of rotatable bonds is 9. The minimum absolute atomic E-state index is 0.168. The molecule has 40 heavy (non-hydrogen) atoms. The molecule has 0 saturated carbocycles. The molecule has 0 heterocycles. The lowest BCUT2D eigenvalue weighted by Gasteiger charge is -2.25. The Bertz CT molecular complexity index is 1480. The summed E-state index contributed by atoms with van der Waals surface area (Å²) in [7, 11) is 0. The molecule has 0 radical (unpaired) electrons. The van der Waals surface area contributed by atoms with E-state index in [1.807, 2.05) is 49.4 Å². The van der Waals surface area contributed by atoms with E-state index in [0.29, 0.717) is 17.1 Å². The van der Waals surface area contributed by atoms with Crippen LogP contribution < -0.4 is 4.74 Å². The third-order valence-electron chi connectivity index (χ3n) is 6.02. The van der Waals surface area contributed by atoms with Crippen LogP contribution in [0.1, 0.15) is 47.8 Å². The minimum Gasteiger partial charge on any atom is -0.760 e. The van der Waals surface area contributed by atoms with Crippen LogP contribution in [0.15, 0.2) is 91.0 Å². The second kappa shape index (κ2) is 12.6. The van der Waals surface area contributed by atoms with Crippen LogP contribution in [-0.2, 0) is 29.1 Å². The predicted octanol–water partition coefficient (Wildman–Crippen LogP) is 7.35. The Morgan fingerprint density at radius 3 is 1.95 bits per heavy atom. The Hall–Kier alpha value is -3.85. The van der Waals surface area contributed by atoms with Gasteiger partial charge in [0.1, 0.15) is 22.9 Å². The molecular weight excluding hydrogens is 529 g/mol. The maximum atomic E-state index is 13.1. The lowest BCUT2D eigenvalue weighted by atomic mass is 9.98. The van der Waals surface area contributed by atoms with E-state index in [2.05, 4.69) is 0 Å². The summed E-state index contributed by atoms with van der Waals surface area (Å²) in [5.74, 6) is 0.445. The van der Waals surface area contributed by atoms with Gasteiger partial charge in [0, 0.05) is 24.4 Å². The van der Waals surface area contributed by atoms with Crippen LogP contribution in [0.3, 0.4) is 0 Å². The number of hydrogen-bond donors (Lipinski definition) is 0. The average molecular weight is 561 g/mol. The normalized spacial score (nSPS) is 12.3. The minimum atomic E-state index is -2.44. The molecule has 0 aliphatic carbocycles. The average Bonchev–Trinajstić information content (AvgIpc) is 2.90. The van der Waals surface area contributed by atoms with Crippen molar-refractivity contribution in [2.24, 2.45) is 0 Å². The highest BCUT2D eigenvalue weighted by Gasteiger charge is 2.18. The highest BCUT2D eigenvalue weighted by molar-refractivity contribution is 7.76. The molecule has 6 nitrogen and oxygen atoms in total. The lowest BCUT2D eigenvalue weighted by Crippen LogP contribution is -2.25. The van der Waals surface area contributed by atoms with Crippen LogP contribution in [0.5, 0.6) is 11.5 Å².